The molecule has 138 valence electrons. The number of ether oxygens (including phenoxy) is 1. The first-order valence-electron chi connectivity index (χ1n) is 9.26. The van der Waals surface area contributed by atoms with Gasteiger partial charge in [0.25, 0.3) is 5.91 Å². The first-order chi connectivity index (χ1) is 12.1. The van der Waals surface area contributed by atoms with Crippen LogP contribution < -0.4 is 10.1 Å². The van der Waals surface area contributed by atoms with E-state index in [2.05, 4.69) is 10.2 Å². The molecule has 1 aliphatic carbocycles. The summed E-state index contributed by atoms with van der Waals surface area (Å²) in [5.74, 6) is 0.430. The normalized spacial score (nSPS) is 27.2. The molecule has 2 fully saturated rings. The number of likely N-dealkylation sites (tertiary alicyclic amines) is 1. The summed E-state index contributed by atoms with van der Waals surface area (Å²) in [6, 6.07) is 6.70. The summed E-state index contributed by atoms with van der Waals surface area (Å²) in [6.07, 6.45) is 2.90. The van der Waals surface area contributed by atoms with Crippen molar-refractivity contribution in [2.75, 3.05) is 26.2 Å². The number of hydrogen-bond acceptors (Lipinski definition) is 5. The van der Waals surface area contributed by atoms with Gasteiger partial charge in [-0.15, -0.1) is 0 Å². The van der Waals surface area contributed by atoms with Gasteiger partial charge in [0.2, 0.25) is 0 Å². The third-order valence-corrected chi connectivity index (χ3v) is 5.11. The zero-order valence-electron chi connectivity index (χ0n) is 14.6. The Balaban J connectivity index is 1.52. The van der Waals surface area contributed by atoms with Gasteiger partial charge in [-0.3, -0.25) is 9.69 Å². The molecule has 1 aromatic carbocycles. The largest absolute Gasteiger partial charge is 0.492 e. The van der Waals surface area contributed by atoms with E-state index < -0.39 is 18.2 Å². The lowest BCUT2D eigenvalue weighted by atomic mass is 9.90. The monoisotopic (exact) mass is 348 g/mol. The van der Waals surface area contributed by atoms with Crippen molar-refractivity contribution in [1.29, 1.82) is 0 Å². The number of aliphatic hydroxyl groups is 2. The molecule has 3 rings (SSSR count). The Morgan fingerprint density at radius 3 is 2.80 bits per heavy atom. The van der Waals surface area contributed by atoms with Gasteiger partial charge in [-0.2, -0.15) is 0 Å². The molecular weight excluding hydrogens is 320 g/mol. The van der Waals surface area contributed by atoms with Crippen LogP contribution in [0, 0.1) is 0 Å². The third-order valence-electron chi connectivity index (χ3n) is 5.11. The van der Waals surface area contributed by atoms with E-state index >= 15 is 0 Å². The highest BCUT2D eigenvalue weighted by atomic mass is 16.5. The van der Waals surface area contributed by atoms with Crippen LogP contribution in [0.1, 0.15) is 42.5 Å². The molecule has 3 N–H and O–H groups in total. The number of benzene rings is 1. The Morgan fingerprint density at radius 2 is 2.00 bits per heavy atom. The summed E-state index contributed by atoms with van der Waals surface area (Å²) < 4.78 is 5.78. The fourth-order valence-corrected chi connectivity index (χ4v) is 3.59. The number of nitrogens with one attached hydrogen (secondary N) is 1. The third kappa shape index (κ3) is 4.93. The van der Waals surface area contributed by atoms with Gasteiger partial charge < -0.3 is 20.3 Å². The molecule has 0 unspecified atom stereocenters. The van der Waals surface area contributed by atoms with Gasteiger partial charge in [0, 0.05) is 12.1 Å². The molecule has 1 aromatic rings. The van der Waals surface area contributed by atoms with Crippen molar-refractivity contribution >= 4 is 5.91 Å². The van der Waals surface area contributed by atoms with E-state index in [1.165, 1.54) is 12.8 Å². The molecule has 1 amide bonds. The smallest absolute Gasteiger partial charge is 0.251 e. The van der Waals surface area contributed by atoms with Crippen molar-refractivity contribution in [3.8, 4) is 5.75 Å². The Bertz CT molecular complexity index is 574. The van der Waals surface area contributed by atoms with Gasteiger partial charge in [-0.25, -0.2) is 0 Å². The topological polar surface area (TPSA) is 82.0 Å². The Hall–Kier alpha value is -1.63. The second-order valence-corrected chi connectivity index (χ2v) is 6.99. The molecule has 3 atom stereocenters. The van der Waals surface area contributed by atoms with Crippen molar-refractivity contribution in [2.24, 2.45) is 0 Å². The van der Waals surface area contributed by atoms with Crippen LogP contribution in [-0.2, 0) is 0 Å². The predicted molar refractivity (Wildman–Crippen MR) is 94.7 cm³/mol. The SMILES string of the molecule is O=C(N[C@@H]1CCC[C@@H](O)[C@@H]1O)c1cccc(OCCN2CCCC2)c1. The average molecular weight is 348 g/mol. The van der Waals surface area contributed by atoms with E-state index in [0.29, 0.717) is 30.8 Å². The van der Waals surface area contributed by atoms with Crippen molar-refractivity contribution in [3.05, 3.63) is 29.8 Å². The molecule has 0 bridgehead atoms. The fraction of sp³-hybridized carbons (Fsp3) is 0.632. The maximum Gasteiger partial charge on any atom is 0.251 e. The Labute approximate surface area is 148 Å². The van der Waals surface area contributed by atoms with Crippen LogP contribution in [-0.4, -0.2) is 65.5 Å². The quantitative estimate of drug-likeness (QED) is 0.719. The number of amides is 1. The molecule has 0 aromatic heterocycles. The van der Waals surface area contributed by atoms with Crippen LogP contribution in [0.2, 0.25) is 0 Å². The van der Waals surface area contributed by atoms with Crippen LogP contribution in [0.3, 0.4) is 0 Å². The molecule has 6 nitrogen and oxygen atoms in total. The van der Waals surface area contributed by atoms with E-state index in [9.17, 15) is 15.0 Å². The molecule has 2 aliphatic rings. The van der Waals surface area contributed by atoms with Gasteiger partial charge in [-0.1, -0.05) is 6.07 Å². The molecule has 1 saturated heterocycles. The van der Waals surface area contributed by atoms with Crippen LogP contribution in [0.4, 0.5) is 0 Å². The molecular formula is C19H28N2O4. The number of carbonyl (C=O) groups excluding carboxylic acids is 1. The summed E-state index contributed by atoms with van der Waals surface area (Å²) in [5, 5.41) is 22.6. The summed E-state index contributed by atoms with van der Waals surface area (Å²) in [6.45, 7) is 3.80. The van der Waals surface area contributed by atoms with Crippen LogP contribution in [0.25, 0.3) is 0 Å². The van der Waals surface area contributed by atoms with Crippen LogP contribution in [0.15, 0.2) is 24.3 Å². The highest BCUT2D eigenvalue weighted by Crippen LogP contribution is 2.20. The summed E-state index contributed by atoms with van der Waals surface area (Å²) >= 11 is 0. The number of nitrogens with zero attached hydrogens (tertiary/aromatic N) is 1. The molecule has 0 spiro atoms. The van der Waals surface area contributed by atoms with Gasteiger partial charge in [0.1, 0.15) is 12.4 Å². The van der Waals surface area contributed by atoms with E-state index in [1.54, 1.807) is 18.2 Å². The summed E-state index contributed by atoms with van der Waals surface area (Å²) in [7, 11) is 0. The van der Waals surface area contributed by atoms with Gasteiger partial charge in [0.05, 0.1) is 18.2 Å². The number of carbonyl (C=O) groups is 1. The highest BCUT2D eigenvalue weighted by molar-refractivity contribution is 5.94. The Kier molecular flexibility index (Phi) is 6.29. The lowest BCUT2D eigenvalue weighted by Gasteiger charge is -2.32. The second kappa shape index (κ2) is 8.65. The maximum atomic E-state index is 12.4. The number of hydrogen-bond donors (Lipinski definition) is 3. The van der Waals surface area contributed by atoms with Gasteiger partial charge >= 0.3 is 0 Å². The second-order valence-electron chi connectivity index (χ2n) is 6.99. The van der Waals surface area contributed by atoms with Crippen LogP contribution >= 0.6 is 0 Å². The van der Waals surface area contributed by atoms with Crippen molar-refractivity contribution in [3.63, 3.8) is 0 Å². The standard InChI is InChI=1S/C19H28N2O4/c22-17-8-4-7-16(18(17)23)20-19(24)14-5-3-6-15(13-14)25-12-11-21-9-1-2-10-21/h3,5-6,13,16-18,22-23H,1-2,4,7-12H2,(H,20,24)/t16-,17-,18-/m1/s1. The minimum Gasteiger partial charge on any atom is -0.492 e. The lowest BCUT2D eigenvalue weighted by Crippen LogP contribution is -2.51. The number of rotatable bonds is 6. The maximum absolute atomic E-state index is 12.4. The minimum absolute atomic E-state index is 0.247. The molecule has 1 saturated carbocycles. The van der Waals surface area contributed by atoms with E-state index in [-0.39, 0.29) is 5.91 Å². The van der Waals surface area contributed by atoms with E-state index in [4.69, 9.17) is 4.74 Å². The molecule has 1 aliphatic heterocycles. The predicted octanol–water partition coefficient (Wildman–Crippen LogP) is 1.17. The lowest BCUT2D eigenvalue weighted by molar-refractivity contribution is -0.0278. The van der Waals surface area contributed by atoms with E-state index in [1.807, 2.05) is 6.07 Å². The molecule has 0 radical (unpaired) electrons. The number of aliphatic hydroxyl groups excluding tert-OH is 2. The summed E-state index contributed by atoms with van der Waals surface area (Å²) in [5.41, 5.74) is 0.505. The van der Waals surface area contributed by atoms with Crippen molar-refractivity contribution < 1.29 is 19.7 Å². The highest BCUT2D eigenvalue weighted by Gasteiger charge is 2.31. The molecule has 25 heavy (non-hydrogen) atoms. The Morgan fingerprint density at radius 1 is 1.20 bits per heavy atom. The minimum atomic E-state index is -0.905. The van der Waals surface area contributed by atoms with Crippen molar-refractivity contribution in [2.45, 2.75) is 50.4 Å². The fourth-order valence-electron chi connectivity index (χ4n) is 3.59. The van der Waals surface area contributed by atoms with Gasteiger partial charge in [-0.05, 0) is 63.4 Å². The van der Waals surface area contributed by atoms with E-state index in [0.717, 1.165) is 26.1 Å². The molecule has 1 heterocycles. The average Bonchev–Trinajstić information content (AvgIpc) is 3.13. The van der Waals surface area contributed by atoms with Gasteiger partial charge in [0.15, 0.2) is 0 Å². The summed E-state index contributed by atoms with van der Waals surface area (Å²) in [4.78, 5) is 14.8. The van der Waals surface area contributed by atoms with Crippen molar-refractivity contribution in [1.82, 2.24) is 10.2 Å². The first kappa shape index (κ1) is 18.2. The van der Waals surface area contributed by atoms with Crippen LogP contribution in [0.5, 0.6) is 5.75 Å². The molecule has 6 heteroatoms. The first-order valence-corrected chi connectivity index (χ1v) is 9.26. The zero-order valence-corrected chi connectivity index (χ0v) is 14.6. The zero-order chi connectivity index (χ0) is 17.6.